The predicted molar refractivity (Wildman–Crippen MR) is 85.3 cm³/mol. The Bertz CT molecular complexity index is 514. The van der Waals surface area contributed by atoms with E-state index in [1.807, 2.05) is 0 Å². The average molecular weight is 312 g/mol. The summed E-state index contributed by atoms with van der Waals surface area (Å²) in [6.45, 7) is 8.17. The lowest BCUT2D eigenvalue weighted by atomic mass is 10.2. The molecule has 0 saturated carbocycles. The minimum atomic E-state index is 0.00175. The Labute approximate surface area is 130 Å². The first-order valence-corrected chi connectivity index (χ1v) is 7.57. The molecule has 0 aliphatic carbocycles. The molecule has 1 aliphatic heterocycles. The van der Waals surface area contributed by atoms with Crippen molar-refractivity contribution in [1.29, 1.82) is 0 Å². The van der Waals surface area contributed by atoms with Crippen LogP contribution in [-0.4, -0.2) is 53.1 Å². The third kappa shape index (κ3) is 3.39. The molecular formula is C14H22ClN5O. The number of hydrogen-bond acceptors (Lipinski definition) is 5. The largest absolute Gasteiger partial charge is 0.409 e. The monoisotopic (exact) mass is 311 g/mol. The fourth-order valence-corrected chi connectivity index (χ4v) is 2.87. The molecule has 0 spiro atoms. The number of nitrogens with zero attached hydrogens (tertiary/aromatic N) is 4. The molecule has 6 nitrogen and oxygen atoms in total. The van der Waals surface area contributed by atoms with Crippen molar-refractivity contribution < 1.29 is 5.21 Å². The Morgan fingerprint density at radius 2 is 2.14 bits per heavy atom. The fourth-order valence-electron chi connectivity index (χ4n) is 2.54. The van der Waals surface area contributed by atoms with E-state index in [1.165, 1.54) is 0 Å². The third-order valence-corrected chi connectivity index (χ3v) is 4.46. The van der Waals surface area contributed by atoms with Gasteiger partial charge in [-0.2, -0.15) is 0 Å². The van der Waals surface area contributed by atoms with Crippen LogP contribution in [0.4, 0.5) is 5.82 Å². The summed E-state index contributed by atoms with van der Waals surface area (Å²) in [5.41, 5.74) is 6.14. The molecule has 0 bridgehead atoms. The van der Waals surface area contributed by atoms with Gasteiger partial charge in [0.05, 0.1) is 5.02 Å². The number of pyridine rings is 1. The van der Waals surface area contributed by atoms with Gasteiger partial charge in [0.15, 0.2) is 5.84 Å². The van der Waals surface area contributed by atoms with E-state index < -0.39 is 0 Å². The molecule has 3 N–H and O–H groups in total. The third-order valence-electron chi connectivity index (χ3n) is 4.08. The van der Waals surface area contributed by atoms with Gasteiger partial charge < -0.3 is 15.8 Å². The summed E-state index contributed by atoms with van der Waals surface area (Å²) in [5, 5.41) is 12.2. The first-order valence-electron chi connectivity index (χ1n) is 7.19. The zero-order chi connectivity index (χ0) is 15.4. The lowest BCUT2D eigenvalue weighted by molar-refractivity contribution is 0.192. The summed E-state index contributed by atoms with van der Waals surface area (Å²) in [4.78, 5) is 8.97. The number of halogens is 1. The lowest BCUT2D eigenvalue weighted by Gasteiger charge is -2.38. The number of piperazine rings is 1. The van der Waals surface area contributed by atoms with Crippen molar-refractivity contribution in [2.24, 2.45) is 10.9 Å². The Morgan fingerprint density at radius 3 is 2.71 bits per heavy atom. The fraction of sp³-hybridized carbons (Fsp3) is 0.571. The number of oxime groups is 1. The van der Waals surface area contributed by atoms with Crippen LogP contribution in [0.2, 0.25) is 5.02 Å². The maximum atomic E-state index is 8.80. The summed E-state index contributed by atoms with van der Waals surface area (Å²) in [7, 11) is 0. The topological polar surface area (TPSA) is 78.0 Å². The minimum absolute atomic E-state index is 0.00175. The molecule has 1 aliphatic rings. The maximum Gasteiger partial charge on any atom is 0.171 e. The number of rotatable bonds is 4. The molecule has 1 aromatic rings. The number of hydrogen-bond donors (Lipinski definition) is 2. The van der Waals surface area contributed by atoms with Crippen LogP contribution in [0.1, 0.15) is 25.8 Å². The second-order valence-electron chi connectivity index (χ2n) is 5.26. The van der Waals surface area contributed by atoms with E-state index in [0.29, 0.717) is 22.4 Å². The normalized spacial score (nSPS) is 18.8. The minimum Gasteiger partial charge on any atom is -0.409 e. The zero-order valence-electron chi connectivity index (χ0n) is 12.5. The molecule has 2 heterocycles. The molecule has 0 aromatic carbocycles. The molecule has 1 atom stereocenters. The van der Waals surface area contributed by atoms with Gasteiger partial charge in [0.25, 0.3) is 0 Å². The summed E-state index contributed by atoms with van der Waals surface area (Å²) in [5.74, 6) is 0.700. The van der Waals surface area contributed by atoms with Gasteiger partial charge >= 0.3 is 0 Å². The molecule has 116 valence electrons. The standard InChI is InChI=1S/C14H22ClN5O/c1-3-10(2)19-6-8-20(9-7-19)14-12(15)11(4-5-17-14)13(16)18-21/h4-5,10,21H,3,6-9H2,1-2H3,(H2,16,18). The Hall–Kier alpha value is -1.53. The molecule has 0 radical (unpaired) electrons. The highest BCUT2D eigenvalue weighted by Crippen LogP contribution is 2.27. The van der Waals surface area contributed by atoms with E-state index in [0.717, 1.165) is 32.6 Å². The van der Waals surface area contributed by atoms with Gasteiger partial charge in [-0.05, 0) is 19.4 Å². The van der Waals surface area contributed by atoms with Crippen LogP contribution in [0.3, 0.4) is 0 Å². The molecular weight excluding hydrogens is 290 g/mol. The SMILES string of the molecule is CCC(C)N1CCN(c2nccc(/C(N)=N/O)c2Cl)CC1. The molecule has 1 aromatic heterocycles. The summed E-state index contributed by atoms with van der Waals surface area (Å²) >= 11 is 6.35. The highest BCUT2D eigenvalue weighted by atomic mass is 35.5. The number of nitrogens with two attached hydrogens (primary N) is 1. The second-order valence-corrected chi connectivity index (χ2v) is 5.64. The van der Waals surface area contributed by atoms with E-state index >= 15 is 0 Å². The van der Waals surface area contributed by atoms with E-state index in [9.17, 15) is 0 Å². The van der Waals surface area contributed by atoms with Gasteiger partial charge in [0.2, 0.25) is 0 Å². The first kappa shape index (κ1) is 15.9. The molecule has 1 unspecified atom stereocenters. The van der Waals surface area contributed by atoms with Crippen LogP contribution in [0.15, 0.2) is 17.4 Å². The molecule has 1 fully saturated rings. The van der Waals surface area contributed by atoms with Crippen LogP contribution in [-0.2, 0) is 0 Å². The average Bonchev–Trinajstić information content (AvgIpc) is 2.54. The molecule has 1 saturated heterocycles. The van der Waals surface area contributed by atoms with Gasteiger partial charge in [-0.15, -0.1) is 0 Å². The van der Waals surface area contributed by atoms with Crippen molar-refractivity contribution in [1.82, 2.24) is 9.88 Å². The zero-order valence-corrected chi connectivity index (χ0v) is 13.2. The maximum absolute atomic E-state index is 8.80. The molecule has 21 heavy (non-hydrogen) atoms. The Morgan fingerprint density at radius 1 is 1.48 bits per heavy atom. The lowest BCUT2D eigenvalue weighted by Crippen LogP contribution is -2.49. The molecule has 0 amide bonds. The van der Waals surface area contributed by atoms with E-state index in [-0.39, 0.29) is 5.84 Å². The van der Waals surface area contributed by atoms with E-state index in [2.05, 4.69) is 33.8 Å². The van der Waals surface area contributed by atoms with Crippen LogP contribution < -0.4 is 10.6 Å². The highest BCUT2D eigenvalue weighted by Gasteiger charge is 2.23. The number of amidine groups is 1. The number of anilines is 1. The van der Waals surface area contributed by atoms with Crippen molar-refractivity contribution in [3.8, 4) is 0 Å². The molecule has 2 rings (SSSR count). The van der Waals surface area contributed by atoms with Crippen LogP contribution >= 0.6 is 11.6 Å². The highest BCUT2D eigenvalue weighted by molar-refractivity contribution is 6.36. The predicted octanol–water partition coefficient (Wildman–Crippen LogP) is 1.75. The van der Waals surface area contributed by atoms with Crippen LogP contribution in [0, 0.1) is 0 Å². The van der Waals surface area contributed by atoms with E-state index in [4.69, 9.17) is 22.5 Å². The van der Waals surface area contributed by atoms with Crippen molar-refractivity contribution >= 4 is 23.3 Å². The first-order chi connectivity index (χ1) is 10.1. The van der Waals surface area contributed by atoms with Crippen molar-refractivity contribution in [2.45, 2.75) is 26.3 Å². The van der Waals surface area contributed by atoms with Gasteiger partial charge in [-0.1, -0.05) is 23.7 Å². The van der Waals surface area contributed by atoms with E-state index in [1.54, 1.807) is 12.3 Å². The summed E-state index contributed by atoms with van der Waals surface area (Å²) < 4.78 is 0. The van der Waals surface area contributed by atoms with Gasteiger partial charge in [-0.25, -0.2) is 4.98 Å². The smallest absolute Gasteiger partial charge is 0.171 e. The van der Waals surface area contributed by atoms with Crippen molar-refractivity contribution in [2.75, 3.05) is 31.1 Å². The Kier molecular flexibility index (Phi) is 5.25. The van der Waals surface area contributed by atoms with Crippen molar-refractivity contribution in [3.63, 3.8) is 0 Å². The van der Waals surface area contributed by atoms with Crippen LogP contribution in [0.25, 0.3) is 0 Å². The van der Waals surface area contributed by atoms with Gasteiger partial charge in [0.1, 0.15) is 5.82 Å². The summed E-state index contributed by atoms with van der Waals surface area (Å²) in [6.07, 6.45) is 2.79. The van der Waals surface area contributed by atoms with Crippen LogP contribution in [0.5, 0.6) is 0 Å². The van der Waals surface area contributed by atoms with Gasteiger partial charge in [-0.3, -0.25) is 4.90 Å². The second kappa shape index (κ2) is 6.95. The number of aromatic nitrogens is 1. The Balaban J connectivity index is 2.14. The summed E-state index contributed by atoms with van der Waals surface area (Å²) in [6, 6.07) is 2.25. The molecule has 7 heteroatoms. The van der Waals surface area contributed by atoms with Crippen molar-refractivity contribution in [3.05, 3.63) is 22.8 Å². The quantitative estimate of drug-likeness (QED) is 0.383. The van der Waals surface area contributed by atoms with Gasteiger partial charge in [0, 0.05) is 44.0 Å².